The largest absolute Gasteiger partial charge is 0.378 e. The average molecular weight is 284 g/mol. The molecule has 0 N–H and O–H groups in total. The number of anilines is 1. The Morgan fingerprint density at radius 3 is 2.67 bits per heavy atom. The van der Waals surface area contributed by atoms with E-state index in [0.717, 1.165) is 43.9 Å². The van der Waals surface area contributed by atoms with E-state index in [9.17, 15) is 0 Å². The predicted octanol–water partition coefficient (Wildman–Crippen LogP) is 3.58. The zero-order chi connectivity index (χ0) is 14.8. The van der Waals surface area contributed by atoms with Crippen LogP contribution >= 0.6 is 0 Å². The Balaban J connectivity index is 2.03. The second-order valence-electron chi connectivity index (χ2n) is 6.32. The van der Waals surface area contributed by atoms with E-state index in [1.807, 2.05) is 0 Å². The SMILES string of the molecule is Cc1cc(CC(C)C)c2cc(N3CCOCC3)ccc2n1. The van der Waals surface area contributed by atoms with Crippen LogP contribution in [-0.2, 0) is 11.2 Å². The maximum atomic E-state index is 5.45. The minimum Gasteiger partial charge on any atom is -0.378 e. The molecular formula is C18H24N2O. The molecule has 1 aromatic heterocycles. The minimum atomic E-state index is 0.655. The number of ether oxygens (including phenoxy) is 1. The van der Waals surface area contributed by atoms with Gasteiger partial charge in [0.25, 0.3) is 0 Å². The normalized spacial score (nSPS) is 15.9. The molecule has 0 radical (unpaired) electrons. The van der Waals surface area contributed by atoms with E-state index < -0.39 is 0 Å². The van der Waals surface area contributed by atoms with E-state index in [1.54, 1.807) is 0 Å². The first-order valence-corrected chi connectivity index (χ1v) is 7.86. The molecule has 1 saturated heterocycles. The first kappa shape index (κ1) is 14.3. The van der Waals surface area contributed by atoms with Gasteiger partial charge in [-0.3, -0.25) is 4.98 Å². The number of pyridine rings is 1. The van der Waals surface area contributed by atoms with Gasteiger partial charge in [0.05, 0.1) is 18.7 Å². The third kappa shape index (κ3) is 3.18. The van der Waals surface area contributed by atoms with Crippen molar-refractivity contribution in [3.05, 3.63) is 35.5 Å². The summed E-state index contributed by atoms with van der Waals surface area (Å²) in [7, 11) is 0. The van der Waals surface area contributed by atoms with Crippen LogP contribution in [0.15, 0.2) is 24.3 Å². The Hall–Kier alpha value is -1.61. The van der Waals surface area contributed by atoms with Crippen molar-refractivity contribution in [1.29, 1.82) is 0 Å². The van der Waals surface area contributed by atoms with Crippen molar-refractivity contribution in [2.24, 2.45) is 5.92 Å². The molecule has 0 unspecified atom stereocenters. The lowest BCUT2D eigenvalue weighted by molar-refractivity contribution is 0.122. The molecule has 2 aromatic rings. The number of aromatic nitrogens is 1. The van der Waals surface area contributed by atoms with Crippen LogP contribution in [0.25, 0.3) is 10.9 Å². The molecule has 1 aliphatic rings. The molecule has 2 heterocycles. The lowest BCUT2D eigenvalue weighted by Gasteiger charge is -2.29. The van der Waals surface area contributed by atoms with Gasteiger partial charge in [0.15, 0.2) is 0 Å². The van der Waals surface area contributed by atoms with Crippen LogP contribution in [0, 0.1) is 12.8 Å². The zero-order valence-electron chi connectivity index (χ0n) is 13.2. The summed E-state index contributed by atoms with van der Waals surface area (Å²) in [5.74, 6) is 0.655. The van der Waals surface area contributed by atoms with Gasteiger partial charge in [-0.1, -0.05) is 13.8 Å². The van der Waals surface area contributed by atoms with Crippen LogP contribution in [-0.4, -0.2) is 31.3 Å². The summed E-state index contributed by atoms with van der Waals surface area (Å²) in [6.07, 6.45) is 1.10. The summed E-state index contributed by atoms with van der Waals surface area (Å²) in [5.41, 5.74) is 4.93. The molecule has 1 fully saturated rings. The van der Waals surface area contributed by atoms with Gasteiger partial charge in [-0.2, -0.15) is 0 Å². The fraction of sp³-hybridized carbons (Fsp3) is 0.500. The molecule has 3 nitrogen and oxygen atoms in total. The van der Waals surface area contributed by atoms with Crippen molar-refractivity contribution in [2.45, 2.75) is 27.2 Å². The summed E-state index contributed by atoms with van der Waals surface area (Å²) in [5, 5.41) is 1.30. The molecule has 112 valence electrons. The number of nitrogens with zero attached hydrogens (tertiary/aromatic N) is 2. The molecule has 0 saturated carbocycles. The van der Waals surface area contributed by atoms with Gasteiger partial charge in [-0.15, -0.1) is 0 Å². The van der Waals surface area contributed by atoms with Gasteiger partial charge in [0.2, 0.25) is 0 Å². The molecule has 0 spiro atoms. The molecule has 21 heavy (non-hydrogen) atoms. The van der Waals surface area contributed by atoms with E-state index in [4.69, 9.17) is 4.74 Å². The molecule has 3 rings (SSSR count). The third-order valence-electron chi connectivity index (χ3n) is 4.01. The molecule has 1 aromatic carbocycles. The quantitative estimate of drug-likeness (QED) is 0.861. The van der Waals surface area contributed by atoms with Crippen molar-refractivity contribution < 1.29 is 4.74 Å². The van der Waals surface area contributed by atoms with E-state index in [-0.39, 0.29) is 0 Å². The van der Waals surface area contributed by atoms with Crippen LogP contribution in [0.2, 0.25) is 0 Å². The molecule has 1 aliphatic heterocycles. The summed E-state index contributed by atoms with van der Waals surface area (Å²) >= 11 is 0. The van der Waals surface area contributed by atoms with Gasteiger partial charge >= 0.3 is 0 Å². The minimum absolute atomic E-state index is 0.655. The molecule has 0 atom stereocenters. The fourth-order valence-electron chi connectivity index (χ4n) is 3.06. The van der Waals surface area contributed by atoms with E-state index in [1.165, 1.54) is 16.6 Å². The summed E-state index contributed by atoms with van der Waals surface area (Å²) in [4.78, 5) is 7.09. The summed E-state index contributed by atoms with van der Waals surface area (Å²) < 4.78 is 5.45. The Bertz CT molecular complexity index is 630. The molecule has 0 aliphatic carbocycles. The highest BCUT2D eigenvalue weighted by atomic mass is 16.5. The smallest absolute Gasteiger partial charge is 0.0709 e. The van der Waals surface area contributed by atoms with Gasteiger partial charge in [0, 0.05) is 29.9 Å². The number of benzene rings is 1. The Morgan fingerprint density at radius 2 is 1.95 bits per heavy atom. The van der Waals surface area contributed by atoms with Gasteiger partial charge < -0.3 is 9.64 Å². The van der Waals surface area contributed by atoms with Crippen LogP contribution in [0.3, 0.4) is 0 Å². The van der Waals surface area contributed by atoms with Crippen LogP contribution in [0.4, 0.5) is 5.69 Å². The topological polar surface area (TPSA) is 25.4 Å². The Kier molecular flexibility index (Phi) is 4.11. The lowest BCUT2D eigenvalue weighted by atomic mass is 9.98. The highest BCUT2D eigenvalue weighted by molar-refractivity contribution is 5.86. The van der Waals surface area contributed by atoms with Crippen molar-refractivity contribution in [3.8, 4) is 0 Å². The van der Waals surface area contributed by atoms with Crippen molar-refractivity contribution in [1.82, 2.24) is 4.98 Å². The van der Waals surface area contributed by atoms with E-state index in [0.29, 0.717) is 5.92 Å². The number of hydrogen-bond acceptors (Lipinski definition) is 3. The first-order chi connectivity index (χ1) is 10.1. The van der Waals surface area contributed by atoms with E-state index in [2.05, 4.69) is 54.9 Å². The first-order valence-electron chi connectivity index (χ1n) is 7.86. The molecule has 3 heteroatoms. The molecular weight excluding hydrogens is 260 g/mol. The Morgan fingerprint density at radius 1 is 1.19 bits per heavy atom. The van der Waals surface area contributed by atoms with Crippen LogP contribution in [0.1, 0.15) is 25.1 Å². The number of fused-ring (bicyclic) bond motifs is 1. The maximum absolute atomic E-state index is 5.45. The average Bonchev–Trinajstić information content (AvgIpc) is 2.47. The summed E-state index contributed by atoms with van der Waals surface area (Å²) in [6.45, 7) is 10.2. The number of hydrogen-bond donors (Lipinski definition) is 0. The van der Waals surface area contributed by atoms with Crippen molar-refractivity contribution >= 4 is 16.6 Å². The standard InChI is InChI=1S/C18H24N2O/c1-13(2)10-15-11-14(3)19-18-5-4-16(12-17(15)18)20-6-8-21-9-7-20/h4-5,11-13H,6-10H2,1-3H3. The summed E-state index contributed by atoms with van der Waals surface area (Å²) in [6, 6.07) is 8.91. The zero-order valence-corrected chi connectivity index (χ0v) is 13.2. The highest BCUT2D eigenvalue weighted by Crippen LogP contribution is 2.26. The third-order valence-corrected chi connectivity index (χ3v) is 4.01. The second kappa shape index (κ2) is 6.02. The van der Waals surface area contributed by atoms with Gasteiger partial charge in [0.1, 0.15) is 0 Å². The van der Waals surface area contributed by atoms with E-state index >= 15 is 0 Å². The maximum Gasteiger partial charge on any atom is 0.0709 e. The van der Waals surface area contributed by atoms with Crippen LogP contribution in [0.5, 0.6) is 0 Å². The predicted molar refractivity (Wildman–Crippen MR) is 88.1 cm³/mol. The monoisotopic (exact) mass is 284 g/mol. The van der Waals surface area contributed by atoms with Crippen LogP contribution < -0.4 is 4.90 Å². The number of rotatable bonds is 3. The Labute approximate surface area is 126 Å². The second-order valence-corrected chi connectivity index (χ2v) is 6.32. The van der Waals surface area contributed by atoms with Gasteiger partial charge in [-0.25, -0.2) is 0 Å². The molecule has 0 amide bonds. The number of morpholine rings is 1. The van der Waals surface area contributed by atoms with Crippen molar-refractivity contribution in [2.75, 3.05) is 31.2 Å². The van der Waals surface area contributed by atoms with Crippen molar-refractivity contribution in [3.63, 3.8) is 0 Å². The highest BCUT2D eigenvalue weighted by Gasteiger charge is 2.13. The number of aryl methyl sites for hydroxylation is 1. The lowest BCUT2D eigenvalue weighted by Crippen LogP contribution is -2.36. The fourth-order valence-corrected chi connectivity index (χ4v) is 3.06. The van der Waals surface area contributed by atoms with Gasteiger partial charge in [-0.05, 0) is 49.1 Å². The molecule has 0 bridgehead atoms.